The smallest absolute Gasteiger partial charge is 0.305 e. The van der Waals surface area contributed by atoms with E-state index in [0.29, 0.717) is 17.9 Å². The number of benzene rings is 2. The van der Waals surface area contributed by atoms with Gasteiger partial charge >= 0.3 is 4.87 Å². The highest BCUT2D eigenvalue weighted by Gasteiger charge is 2.29. The van der Waals surface area contributed by atoms with Crippen LogP contribution >= 0.6 is 11.3 Å². The molecule has 3 aromatic rings. The second-order valence-electron chi connectivity index (χ2n) is 7.65. The molecule has 1 heterocycles. The lowest BCUT2D eigenvalue weighted by Gasteiger charge is -2.23. The number of ether oxygens (including phenoxy) is 1. The summed E-state index contributed by atoms with van der Waals surface area (Å²) in [5, 5.41) is 37.5. The molecule has 0 amide bonds. The molecular formula is C22H29N3O5S. The van der Waals surface area contributed by atoms with Crippen molar-refractivity contribution in [3.05, 3.63) is 62.8 Å². The lowest BCUT2D eigenvalue weighted by atomic mass is 10.0. The molecule has 6 N–H and O–H groups in total. The highest BCUT2D eigenvalue weighted by molar-refractivity contribution is 7.16. The van der Waals surface area contributed by atoms with Crippen LogP contribution in [-0.2, 0) is 23.5 Å². The van der Waals surface area contributed by atoms with E-state index in [1.165, 1.54) is 17.7 Å². The molecule has 3 rings (SSSR count). The normalized spacial score (nSPS) is 13.0. The zero-order valence-electron chi connectivity index (χ0n) is 17.6. The van der Waals surface area contributed by atoms with E-state index in [2.05, 4.69) is 34.7 Å². The second kappa shape index (κ2) is 10.4. The first-order valence-corrected chi connectivity index (χ1v) is 10.9. The molecule has 0 aliphatic heterocycles. The SMILES string of the molecule is COCC(C)NCc1cccc(CCNCC(O)(O)c2ccc(O)c3[nH]c(=O)sc23)c1. The van der Waals surface area contributed by atoms with Gasteiger partial charge in [0, 0.05) is 25.3 Å². The third kappa shape index (κ3) is 6.13. The van der Waals surface area contributed by atoms with Gasteiger partial charge in [0.15, 0.2) is 0 Å². The monoisotopic (exact) mass is 447 g/mol. The average molecular weight is 448 g/mol. The van der Waals surface area contributed by atoms with Crippen molar-refractivity contribution < 1.29 is 20.1 Å². The van der Waals surface area contributed by atoms with Crippen molar-refractivity contribution in [2.24, 2.45) is 0 Å². The van der Waals surface area contributed by atoms with Crippen LogP contribution in [-0.4, -0.2) is 53.2 Å². The number of aromatic hydroxyl groups is 1. The zero-order chi connectivity index (χ0) is 22.4. The van der Waals surface area contributed by atoms with Gasteiger partial charge in [-0.25, -0.2) is 0 Å². The van der Waals surface area contributed by atoms with E-state index in [0.717, 1.165) is 29.9 Å². The Morgan fingerprint density at radius 1 is 1.23 bits per heavy atom. The van der Waals surface area contributed by atoms with Crippen molar-refractivity contribution in [2.75, 3.05) is 26.8 Å². The number of aromatic amines is 1. The summed E-state index contributed by atoms with van der Waals surface area (Å²) in [5.41, 5.74) is 2.70. The largest absolute Gasteiger partial charge is 0.506 e. The molecule has 2 aromatic carbocycles. The summed E-state index contributed by atoms with van der Waals surface area (Å²) in [6.45, 7) is 3.90. The Morgan fingerprint density at radius 3 is 2.77 bits per heavy atom. The van der Waals surface area contributed by atoms with Crippen LogP contribution in [0.3, 0.4) is 0 Å². The Morgan fingerprint density at radius 2 is 2.00 bits per heavy atom. The number of rotatable bonds is 11. The zero-order valence-corrected chi connectivity index (χ0v) is 18.5. The fourth-order valence-corrected chi connectivity index (χ4v) is 4.36. The van der Waals surface area contributed by atoms with Gasteiger partial charge in [-0.15, -0.1) is 0 Å². The molecule has 1 aromatic heterocycles. The van der Waals surface area contributed by atoms with Crippen molar-refractivity contribution in [3.8, 4) is 5.75 Å². The predicted octanol–water partition coefficient (Wildman–Crippen LogP) is 1.39. The standard InChI is InChI=1S/C22H29N3O5S/c1-14(12-30-2)24-11-16-5-3-4-15(10-16)8-9-23-13-22(28,29)17-6-7-18(26)19-20(17)31-21(27)25-19/h3-7,10,14,23-24,26,28-29H,8-9,11-13H2,1-2H3,(H,25,27). The van der Waals surface area contributed by atoms with Crippen LogP contribution in [0.5, 0.6) is 5.75 Å². The minimum absolute atomic E-state index is 0.105. The average Bonchev–Trinajstić information content (AvgIpc) is 3.12. The summed E-state index contributed by atoms with van der Waals surface area (Å²) in [6.07, 6.45) is 0.722. The summed E-state index contributed by atoms with van der Waals surface area (Å²) in [7, 11) is 1.68. The van der Waals surface area contributed by atoms with Crippen molar-refractivity contribution in [3.63, 3.8) is 0 Å². The van der Waals surface area contributed by atoms with Crippen LogP contribution in [0.15, 0.2) is 41.2 Å². The fraction of sp³-hybridized carbons (Fsp3) is 0.409. The Bertz CT molecular complexity index is 1060. The van der Waals surface area contributed by atoms with Crippen LogP contribution in [0.1, 0.15) is 23.6 Å². The van der Waals surface area contributed by atoms with Gasteiger partial charge in [0.1, 0.15) is 11.3 Å². The molecule has 168 valence electrons. The highest BCUT2D eigenvalue weighted by atomic mass is 32.1. The highest BCUT2D eigenvalue weighted by Crippen LogP contribution is 2.32. The first-order chi connectivity index (χ1) is 14.8. The molecule has 0 aliphatic rings. The van der Waals surface area contributed by atoms with Crippen LogP contribution in [0.4, 0.5) is 0 Å². The molecule has 0 saturated carbocycles. The number of thiazole rings is 1. The molecule has 0 saturated heterocycles. The molecule has 0 aliphatic carbocycles. The third-order valence-electron chi connectivity index (χ3n) is 5.01. The molecule has 0 fully saturated rings. The summed E-state index contributed by atoms with van der Waals surface area (Å²) >= 11 is 0.834. The van der Waals surface area contributed by atoms with Crippen LogP contribution in [0, 0.1) is 0 Å². The van der Waals surface area contributed by atoms with E-state index in [1.54, 1.807) is 7.11 Å². The summed E-state index contributed by atoms with van der Waals surface area (Å²) < 4.78 is 5.46. The molecule has 0 spiro atoms. The maximum atomic E-state index is 11.6. The molecule has 31 heavy (non-hydrogen) atoms. The van der Waals surface area contributed by atoms with Gasteiger partial charge in [0.05, 0.1) is 17.9 Å². The molecule has 1 atom stereocenters. The topological polar surface area (TPSA) is 127 Å². The lowest BCUT2D eigenvalue weighted by molar-refractivity contribution is -0.164. The molecule has 8 nitrogen and oxygen atoms in total. The van der Waals surface area contributed by atoms with E-state index in [9.17, 15) is 20.1 Å². The quantitative estimate of drug-likeness (QED) is 0.194. The van der Waals surface area contributed by atoms with Crippen LogP contribution < -0.4 is 15.5 Å². The maximum absolute atomic E-state index is 11.6. The van der Waals surface area contributed by atoms with E-state index in [4.69, 9.17) is 4.74 Å². The number of hydrogen-bond donors (Lipinski definition) is 6. The number of aromatic nitrogens is 1. The Kier molecular flexibility index (Phi) is 7.82. The third-order valence-corrected chi connectivity index (χ3v) is 5.93. The Labute approximate surface area is 184 Å². The number of nitrogens with one attached hydrogen (secondary N) is 3. The van der Waals surface area contributed by atoms with Crippen molar-refractivity contribution >= 4 is 21.6 Å². The minimum atomic E-state index is -2.18. The summed E-state index contributed by atoms with van der Waals surface area (Å²) in [5.74, 6) is -2.28. The predicted molar refractivity (Wildman–Crippen MR) is 121 cm³/mol. The second-order valence-corrected chi connectivity index (χ2v) is 8.63. The van der Waals surface area contributed by atoms with Crippen molar-refractivity contribution in [2.45, 2.75) is 31.7 Å². The number of H-pyrrole nitrogens is 1. The van der Waals surface area contributed by atoms with Gasteiger partial charge in [0.25, 0.3) is 0 Å². The van der Waals surface area contributed by atoms with Gasteiger partial charge in [-0.1, -0.05) is 35.6 Å². The number of methoxy groups -OCH3 is 1. The lowest BCUT2D eigenvalue weighted by Crippen LogP contribution is -2.38. The molecule has 0 bridgehead atoms. The van der Waals surface area contributed by atoms with E-state index in [1.807, 2.05) is 12.1 Å². The Hall–Kier alpha value is -2.27. The maximum Gasteiger partial charge on any atom is 0.305 e. The van der Waals surface area contributed by atoms with Crippen LogP contribution in [0.25, 0.3) is 10.2 Å². The number of fused-ring (bicyclic) bond motifs is 1. The number of phenols is 1. The van der Waals surface area contributed by atoms with Crippen LogP contribution in [0.2, 0.25) is 0 Å². The number of aliphatic hydroxyl groups is 2. The molecular weight excluding hydrogens is 418 g/mol. The van der Waals surface area contributed by atoms with Gasteiger partial charge in [0.2, 0.25) is 5.79 Å². The molecule has 9 heteroatoms. The molecule has 0 radical (unpaired) electrons. The summed E-state index contributed by atoms with van der Waals surface area (Å²) in [4.78, 5) is 13.8. The van der Waals surface area contributed by atoms with Crippen molar-refractivity contribution in [1.82, 2.24) is 15.6 Å². The van der Waals surface area contributed by atoms with Gasteiger partial charge in [-0.3, -0.25) is 4.79 Å². The first kappa shape index (κ1) is 23.4. The van der Waals surface area contributed by atoms with Gasteiger partial charge in [-0.2, -0.15) is 0 Å². The van der Waals surface area contributed by atoms with Crippen molar-refractivity contribution in [1.29, 1.82) is 0 Å². The van der Waals surface area contributed by atoms with E-state index >= 15 is 0 Å². The number of phenolic OH excluding ortho intramolecular Hbond substituents is 1. The minimum Gasteiger partial charge on any atom is -0.506 e. The van der Waals surface area contributed by atoms with Gasteiger partial charge < -0.3 is 35.7 Å². The first-order valence-electron chi connectivity index (χ1n) is 10.1. The van der Waals surface area contributed by atoms with E-state index in [-0.39, 0.29) is 34.3 Å². The Balaban J connectivity index is 1.55. The van der Waals surface area contributed by atoms with Gasteiger partial charge in [-0.05, 0) is 43.1 Å². The number of hydrogen-bond acceptors (Lipinski definition) is 8. The fourth-order valence-electron chi connectivity index (χ4n) is 3.42. The molecule has 1 unspecified atom stereocenters. The van der Waals surface area contributed by atoms with E-state index < -0.39 is 5.79 Å². The summed E-state index contributed by atoms with van der Waals surface area (Å²) in [6, 6.07) is 11.3.